The second-order valence-corrected chi connectivity index (χ2v) is 18.5. The van der Waals surface area contributed by atoms with Crippen LogP contribution in [0.4, 0.5) is 0 Å². The summed E-state index contributed by atoms with van der Waals surface area (Å²) in [5.74, 6) is 1.22. The molecule has 0 bridgehead atoms. The highest BCUT2D eigenvalue weighted by Crippen LogP contribution is 2.59. The zero-order chi connectivity index (χ0) is 23.9. The Hall–Kier alpha value is -0.693. The average Bonchev–Trinajstić information content (AvgIpc) is 3.03. The Morgan fingerprint density at radius 3 is 2.34 bits per heavy atom. The smallest absolute Gasteiger partial charge is 0.296 e. The van der Waals surface area contributed by atoms with Gasteiger partial charge in [-0.1, -0.05) is 58.7 Å². The third-order valence-electron chi connectivity index (χ3n) is 8.87. The molecule has 0 heterocycles. The van der Waals surface area contributed by atoms with Crippen LogP contribution in [0, 0.1) is 30.1 Å². The van der Waals surface area contributed by atoms with Crippen molar-refractivity contribution < 1.29 is 17.0 Å². The number of benzene rings is 1. The zero-order valence-corrected chi connectivity index (χ0v) is 23.2. The van der Waals surface area contributed by atoms with Gasteiger partial charge in [-0.3, -0.25) is 4.18 Å². The molecule has 1 aromatic carbocycles. The lowest BCUT2D eigenvalue weighted by Gasteiger charge is -2.49. The topological polar surface area (TPSA) is 52.6 Å². The Balaban J connectivity index is 1.68. The summed E-state index contributed by atoms with van der Waals surface area (Å²) in [6.07, 6.45) is 6.20. The molecule has 1 aromatic rings. The minimum Gasteiger partial charge on any atom is -0.414 e. The van der Waals surface area contributed by atoms with Crippen LogP contribution in [-0.2, 0) is 18.7 Å². The molecule has 0 aliphatic heterocycles. The van der Waals surface area contributed by atoms with Gasteiger partial charge in [0.1, 0.15) is 0 Å². The Kier molecular flexibility index (Phi) is 7.42. The summed E-state index contributed by atoms with van der Waals surface area (Å²) < 4.78 is 37.9. The SMILES string of the molecule is Cc1ccc(S(=O)(=O)OC[C@@H](C)[C@H]2CC[C@H]3C(O[Si](C)(C)C(C)(C)C)CCC[C@]23C)cc1. The van der Waals surface area contributed by atoms with Crippen LogP contribution >= 0.6 is 0 Å². The number of aryl methyl sites for hydroxylation is 1. The average molecular weight is 481 g/mol. The fourth-order valence-electron chi connectivity index (χ4n) is 5.88. The van der Waals surface area contributed by atoms with Crippen molar-refractivity contribution in [2.24, 2.45) is 23.2 Å². The van der Waals surface area contributed by atoms with Crippen LogP contribution < -0.4 is 0 Å². The third kappa shape index (κ3) is 5.18. The maximum atomic E-state index is 12.7. The second kappa shape index (κ2) is 9.16. The molecule has 0 amide bonds. The van der Waals surface area contributed by atoms with E-state index in [4.69, 9.17) is 8.61 Å². The molecule has 1 unspecified atom stereocenters. The summed E-state index contributed by atoms with van der Waals surface area (Å²) in [6, 6.07) is 6.89. The van der Waals surface area contributed by atoms with Crippen molar-refractivity contribution in [1.29, 1.82) is 0 Å². The molecule has 0 radical (unpaired) electrons. The van der Waals surface area contributed by atoms with Crippen molar-refractivity contribution in [2.45, 2.75) is 103 Å². The minimum atomic E-state index is -3.72. The van der Waals surface area contributed by atoms with E-state index in [0.29, 0.717) is 17.9 Å². The van der Waals surface area contributed by atoms with Crippen molar-refractivity contribution in [1.82, 2.24) is 0 Å². The highest BCUT2D eigenvalue weighted by molar-refractivity contribution is 7.86. The first-order chi connectivity index (χ1) is 14.7. The summed E-state index contributed by atoms with van der Waals surface area (Å²) in [5.41, 5.74) is 1.23. The quantitative estimate of drug-likeness (QED) is 0.313. The molecule has 2 aliphatic carbocycles. The van der Waals surface area contributed by atoms with E-state index in [-0.39, 0.29) is 27.9 Å². The lowest BCUT2D eigenvalue weighted by molar-refractivity contribution is -0.0245. The highest BCUT2D eigenvalue weighted by atomic mass is 32.2. The van der Waals surface area contributed by atoms with Crippen LogP contribution in [0.3, 0.4) is 0 Å². The Morgan fingerprint density at radius 2 is 1.75 bits per heavy atom. The number of fused-ring (bicyclic) bond motifs is 1. The molecule has 0 saturated heterocycles. The predicted octanol–water partition coefficient (Wildman–Crippen LogP) is 6.94. The number of hydrogen-bond donors (Lipinski definition) is 0. The van der Waals surface area contributed by atoms with Gasteiger partial charge in [0.25, 0.3) is 10.1 Å². The van der Waals surface area contributed by atoms with Crippen molar-refractivity contribution in [2.75, 3.05) is 6.61 Å². The van der Waals surface area contributed by atoms with Gasteiger partial charge in [0.2, 0.25) is 0 Å². The van der Waals surface area contributed by atoms with E-state index in [2.05, 4.69) is 47.7 Å². The maximum absolute atomic E-state index is 12.7. The van der Waals surface area contributed by atoms with Crippen molar-refractivity contribution >= 4 is 18.4 Å². The van der Waals surface area contributed by atoms with E-state index in [0.717, 1.165) is 18.4 Å². The molecular weight excluding hydrogens is 436 g/mol. The summed E-state index contributed by atoms with van der Waals surface area (Å²) in [4.78, 5) is 0.242. The molecule has 0 spiro atoms. The van der Waals surface area contributed by atoms with Crippen molar-refractivity contribution in [3.05, 3.63) is 29.8 Å². The Labute approximate surface area is 197 Å². The van der Waals surface area contributed by atoms with Gasteiger partial charge < -0.3 is 4.43 Å². The normalized spacial score (nSPS) is 30.2. The van der Waals surface area contributed by atoms with Gasteiger partial charge in [-0.25, -0.2) is 0 Å². The largest absolute Gasteiger partial charge is 0.414 e. The first-order valence-corrected chi connectivity index (χ1v) is 16.6. The van der Waals surface area contributed by atoms with E-state index in [9.17, 15) is 8.42 Å². The van der Waals surface area contributed by atoms with Gasteiger partial charge in [0, 0.05) is 6.10 Å². The van der Waals surface area contributed by atoms with Crippen molar-refractivity contribution in [3.63, 3.8) is 0 Å². The third-order valence-corrected chi connectivity index (χ3v) is 14.7. The molecule has 0 aromatic heterocycles. The van der Waals surface area contributed by atoms with Crippen LogP contribution in [0.1, 0.15) is 72.3 Å². The zero-order valence-electron chi connectivity index (χ0n) is 21.4. The first-order valence-electron chi connectivity index (χ1n) is 12.3. The predicted molar refractivity (Wildman–Crippen MR) is 134 cm³/mol. The Bertz CT molecular complexity index is 887. The van der Waals surface area contributed by atoms with Gasteiger partial charge in [0.15, 0.2) is 8.32 Å². The van der Waals surface area contributed by atoms with E-state index < -0.39 is 18.4 Å². The summed E-state index contributed by atoms with van der Waals surface area (Å²) >= 11 is 0. The lowest BCUT2D eigenvalue weighted by Crippen LogP contribution is -2.50. The van der Waals surface area contributed by atoms with E-state index in [1.165, 1.54) is 19.3 Å². The van der Waals surface area contributed by atoms with Gasteiger partial charge in [-0.05, 0) is 86.0 Å². The summed E-state index contributed by atoms with van der Waals surface area (Å²) in [7, 11) is -5.54. The molecule has 6 heteroatoms. The molecule has 2 fully saturated rings. The van der Waals surface area contributed by atoms with Crippen LogP contribution in [-0.4, -0.2) is 29.4 Å². The van der Waals surface area contributed by atoms with E-state index >= 15 is 0 Å². The minimum absolute atomic E-state index is 0.192. The van der Waals surface area contributed by atoms with Gasteiger partial charge in [-0.15, -0.1) is 0 Å². The van der Waals surface area contributed by atoms with Gasteiger partial charge in [-0.2, -0.15) is 8.42 Å². The molecule has 5 atom stereocenters. The van der Waals surface area contributed by atoms with E-state index in [1.807, 2.05) is 19.1 Å². The van der Waals surface area contributed by atoms with Gasteiger partial charge in [0.05, 0.1) is 11.5 Å². The molecule has 2 saturated carbocycles. The molecule has 4 nitrogen and oxygen atoms in total. The lowest BCUT2D eigenvalue weighted by atomic mass is 9.62. The van der Waals surface area contributed by atoms with E-state index in [1.54, 1.807) is 12.1 Å². The maximum Gasteiger partial charge on any atom is 0.296 e. The molecule has 182 valence electrons. The number of rotatable bonds is 7. The number of hydrogen-bond acceptors (Lipinski definition) is 4. The molecule has 32 heavy (non-hydrogen) atoms. The summed E-state index contributed by atoms with van der Waals surface area (Å²) in [5, 5.41) is 0.213. The Morgan fingerprint density at radius 1 is 1.12 bits per heavy atom. The monoisotopic (exact) mass is 480 g/mol. The van der Waals surface area contributed by atoms with Crippen LogP contribution in [0.25, 0.3) is 0 Å². The van der Waals surface area contributed by atoms with Gasteiger partial charge >= 0.3 is 0 Å². The molecule has 2 aliphatic rings. The van der Waals surface area contributed by atoms with Crippen LogP contribution in [0.15, 0.2) is 29.2 Å². The van der Waals surface area contributed by atoms with Crippen LogP contribution in [0.2, 0.25) is 18.1 Å². The molecule has 0 N–H and O–H groups in total. The molecular formula is C26H44O4SSi. The van der Waals surface area contributed by atoms with Crippen LogP contribution in [0.5, 0.6) is 0 Å². The second-order valence-electron chi connectivity index (χ2n) is 12.1. The fraction of sp³-hybridized carbons (Fsp3) is 0.769. The standard InChI is InChI=1S/C26H44O4SSi/c1-19-11-13-21(14-12-19)31(27,28)29-18-20(2)22-15-16-23-24(10-9-17-26(22,23)6)30-32(7,8)25(3,4)5/h11-14,20,22-24H,9-10,15-18H2,1-8H3/t20-,22-,23+,24?,26-/m1/s1. The fourth-order valence-corrected chi connectivity index (χ4v) is 8.27. The summed E-state index contributed by atoms with van der Waals surface area (Å²) in [6.45, 7) is 18.4. The molecule has 3 rings (SSSR count). The highest BCUT2D eigenvalue weighted by Gasteiger charge is 2.54. The first kappa shape index (κ1) is 25.9. The van der Waals surface area contributed by atoms with Crippen molar-refractivity contribution in [3.8, 4) is 0 Å².